The lowest BCUT2D eigenvalue weighted by Crippen LogP contribution is -2.10. The van der Waals surface area contributed by atoms with Crippen molar-refractivity contribution in [2.24, 2.45) is 0 Å². The van der Waals surface area contributed by atoms with Crippen molar-refractivity contribution < 1.29 is 22.7 Å². The zero-order chi connectivity index (χ0) is 19.6. The van der Waals surface area contributed by atoms with E-state index in [1.54, 1.807) is 19.1 Å². The molecule has 0 aliphatic carbocycles. The van der Waals surface area contributed by atoms with E-state index in [-0.39, 0.29) is 10.8 Å². The maximum Gasteiger partial charge on any atom is 0.315 e. The smallest absolute Gasteiger partial charge is 0.315 e. The van der Waals surface area contributed by atoms with E-state index in [9.17, 15) is 18.3 Å². The molecule has 0 radical (unpaired) electrons. The molecule has 140 valence electrons. The van der Waals surface area contributed by atoms with Crippen molar-refractivity contribution in [1.82, 2.24) is 4.98 Å². The number of rotatable bonds is 6. The lowest BCUT2D eigenvalue weighted by Gasteiger charge is -2.03. The molecule has 2 aromatic carbocycles. The van der Waals surface area contributed by atoms with Gasteiger partial charge in [0.05, 0.1) is 4.90 Å². The van der Waals surface area contributed by atoms with Gasteiger partial charge in [-0.1, -0.05) is 49.4 Å². The monoisotopic (exact) mass is 385 g/mol. The van der Waals surface area contributed by atoms with Crippen molar-refractivity contribution in [3.05, 3.63) is 60.5 Å². The van der Waals surface area contributed by atoms with Crippen LogP contribution in [0.3, 0.4) is 0 Å². The van der Waals surface area contributed by atoms with Crippen LogP contribution in [0.15, 0.2) is 63.9 Å². The second kappa shape index (κ2) is 7.36. The van der Waals surface area contributed by atoms with E-state index in [2.05, 4.69) is 4.98 Å². The summed E-state index contributed by atoms with van der Waals surface area (Å²) in [6.45, 7) is 1.76. The highest BCUT2D eigenvalue weighted by atomic mass is 32.2. The number of carboxylic acids is 1. The predicted molar refractivity (Wildman–Crippen MR) is 101 cm³/mol. The molecule has 1 unspecified atom stereocenters. The average molecular weight is 385 g/mol. The largest absolute Gasteiger partial charge is 0.481 e. The van der Waals surface area contributed by atoms with Crippen molar-refractivity contribution in [1.29, 1.82) is 0 Å². The minimum Gasteiger partial charge on any atom is -0.481 e. The highest BCUT2D eigenvalue weighted by Gasteiger charge is 2.27. The van der Waals surface area contributed by atoms with Gasteiger partial charge in [-0.15, -0.1) is 0 Å². The molecule has 7 heteroatoms. The number of oxazole rings is 1. The Morgan fingerprint density at radius 1 is 1.07 bits per heavy atom. The number of aromatic nitrogens is 1. The summed E-state index contributed by atoms with van der Waals surface area (Å²) in [7, 11) is -3.31. The number of sulfone groups is 1. The molecule has 3 rings (SSSR count). The zero-order valence-corrected chi connectivity index (χ0v) is 15.7. The van der Waals surface area contributed by atoms with E-state index in [1.807, 2.05) is 30.3 Å². The van der Waals surface area contributed by atoms with Crippen LogP contribution in [0.4, 0.5) is 0 Å². The Hall–Kier alpha value is -2.93. The van der Waals surface area contributed by atoms with Crippen molar-refractivity contribution >= 4 is 15.8 Å². The van der Waals surface area contributed by atoms with E-state index in [1.165, 1.54) is 12.1 Å². The third kappa shape index (κ3) is 3.93. The summed E-state index contributed by atoms with van der Waals surface area (Å²) >= 11 is 0. The summed E-state index contributed by atoms with van der Waals surface area (Å²) in [5.74, 6) is -1.27. The fourth-order valence-corrected chi connectivity index (χ4v) is 3.41. The van der Waals surface area contributed by atoms with E-state index in [0.717, 1.165) is 11.8 Å². The van der Waals surface area contributed by atoms with Crippen LogP contribution in [-0.2, 0) is 14.6 Å². The predicted octanol–water partition coefficient (Wildman–Crippen LogP) is 3.99. The normalized spacial score (nSPS) is 12.7. The minimum absolute atomic E-state index is 0.131. The summed E-state index contributed by atoms with van der Waals surface area (Å²) in [5.41, 5.74) is 1.89. The molecule has 1 heterocycles. The van der Waals surface area contributed by atoms with Crippen molar-refractivity contribution in [2.45, 2.75) is 24.2 Å². The molecule has 1 atom stereocenters. The van der Waals surface area contributed by atoms with E-state index >= 15 is 0 Å². The van der Waals surface area contributed by atoms with E-state index < -0.39 is 21.7 Å². The van der Waals surface area contributed by atoms with Crippen LogP contribution in [0.5, 0.6) is 0 Å². The Balaban J connectivity index is 2.15. The number of carbonyl (C=O) groups is 1. The van der Waals surface area contributed by atoms with Crippen molar-refractivity contribution in [3.8, 4) is 22.6 Å². The van der Waals surface area contributed by atoms with Crippen molar-refractivity contribution in [2.75, 3.05) is 6.26 Å². The molecule has 0 aliphatic heterocycles. The first-order valence-electron chi connectivity index (χ1n) is 8.40. The fourth-order valence-electron chi connectivity index (χ4n) is 2.78. The summed E-state index contributed by atoms with van der Waals surface area (Å²) < 4.78 is 29.2. The van der Waals surface area contributed by atoms with Gasteiger partial charge in [-0.25, -0.2) is 13.4 Å². The Bertz CT molecular complexity index is 1050. The number of nitrogens with zero attached hydrogens (tertiary/aromatic N) is 1. The van der Waals surface area contributed by atoms with Gasteiger partial charge in [0.25, 0.3) is 0 Å². The van der Waals surface area contributed by atoms with Crippen LogP contribution in [0.1, 0.15) is 25.2 Å². The first-order valence-corrected chi connectivity index (χ1v) is 10.3. The van der Waals surface area contributed by atoms with Crippen molar-refractivity contribution in [3.63, 3.8) is 0 Å². The van der Waals surface area contributed by atoms with Crippen LogP contribution in [-0.4, -0.2) is 30.7 Å². The Morgan fingerprint density at radius 2 is 1.70 bits per heavy atom. The fraction of sp³-hybridized carbons (Fsp3) is 0.200. The summed E-state index contributed by atoms with van der Waals surface area (Å²) in [5, 5.41) is 9.43. The molecule has 1 N–H and O–H groups in total. The molecule has 0 amide bonds. The maximum absolute atomic E-state index is 11.7. The molecule has 27 heavy (non-hydrogen) atoms. The number of benzene rings is 2. The van der Waals surface area contributed by atoms with Gasteiger partial charge in [0.15, 0.2) is 15.6 Å². The highest BCUT2D eigenvalue weighted by molar-refractivity contribution is 7.90. The SMILES string of the molecule is CCC(C(=O)O)c1nc(-c2ccc(S(C)(=O)=O)cc2)c(-c2ccccc2)o1. The molecule has 0 spiro atoms. The second-order valence-corrected chi connectivity index (χ2v) is 8.21. The standard InChI is InChI=1S/C20H19NO5S/c1-3-16(20(22)23)19-21-17(18(26-19)14-7-5-4-6-8-14)13-9-11-15(12-10-13)27(2,24)25/h4-12,16H,3H2,1-2H3,(H,22,23). The third-order valence-corrected chi connectivity index (χ3v) is 5.37. The maximum atomic E-state index is 11.7. The molecular weight excluding hydrogens is 366 g/mol. The molecule has 0 saturated carbocycles. The highest BCUT2D eigenvalue weighted by Crippen LogP contribution is 2.35. The molecule has 0 fully saturated rings. The molecule has 3 aromatic rings. The lowest BCUT2D eigenvalue weighted by molar-refractivity contribution is -0.139. The van der Waals surface area contributed by atoms with Gasteiger partial charge in [0.2, 0.25) is 5.89 Å². The van der Waals surface area contributed by atoms with Gasteiger partial charge in [0, 0.05) is 17.4 Å². The Labute approximate surface area is 157 Å². The van der Waals surface area contributed by atoms with Gasteiger partial charge in [0.1, 0.15) is 11.6 Å². The number of carboxylic acid groups (broad SMARTS) is 1. The summed E-state index contributed by atoms with van der Waals surface area (Å²) in [4.78, 5) is 16.2. The van der Waals surface area contributed by atoms with E-state index in [0.29, 0.717) is 23.4 Å². The van der Waals surface area contributed by atoms with Crippen LogP contribution >= 0.6 is 0 Å². The summed E-state index contributed by atoms with van der Waals surface area (Å²) in [6.07, 6.45) is 1.49. The first kappa shape index (κ1) is 18.8. The molecule has 6 nitrogen and oxygen atoms in total. The molecule has 1 aromatic heterocycles. The minimum atomic E-state index is -3.31. The lowest BCUT2D eigenvalue weighted by atomic mass is 10.1. The van der Waals surface area contributed by atoms with Crippen LogP contribution in [0, 0.1) is 0 Å². The van der Waals surface area contributed by atoms with Gasteiger partial charge in [-0.3, -0.25) is 4.79 Å². The number of hydrogen-bond donors (Lipinski definition) is 1. The number of aliphatic carboxylic acids is 1. The average Bonchev–Trinajstić information content (AvgIpc) is 3.07. The van der Waals surface area contributed by atoms with E-state index in [4.69, 9.17) is 4.42 Å². The quantitative estimate of drug-likeness (QED) is 0.689. The Morgan fingerprint density at radius 3 is 2.22 bits per heavy atom. The molecular formula is C20H19NO5S. The molecule has 0 bridgehead atoms. The van der Waals surface area contributed by atoms with Gasteiger partial charge >= 0.3 is 5.97 Å². The third-order valence-electron chi connectivity index (χ3n) is 4.24. The first-order chi connectivity index (χ1) is 12.8. The summed E-state index contributed by atoms with van der Waals surface area (Å²) in [6, 6.07) is 15.6. The van der Waals surface area contributed by atoms with Gasteiger partial charge in [-0.2, -0.15) is 0 Å². The Kier molecular flexibility index (Phi) is 5.14. The van der Waals surface area contributed by atoms with Crippen LogP contribution < -0.4 is 0 Å². The van der Waals surface area contributed by atoms with Gasteiger partial charge < -0.3 is 9.52 Å². The van der Waals surface area contributed by atoms with Crippen LogP contribution in [0.2, 0.25) is 0 Å². The molecule has 0 aliphatic rings. The molecule has 0 saturated heterocycles. The second-order valence-electron chi connectivity index (χ2n) is 6.19. The van der Waals surface area contributed by atoms with Gasteiger partial charge in [-0.05, 0) is 18.6 Å². The topological polar surface area (TPSA) is 97.5 Å². The number of hydrogen-bond acceptors (Lipinski definition) is 5. The zero-order valence-electron chi connectivity index (χ0n) is 14.9. The van der Waals surface area contributed by atoms with Crippen LogP contribution in [0.25, 0.3) is 22.6 Å².